The SMILES string of the molecule is Clc1c[nH]c2ccc(CN3CCNCC3)cc12. The average Bonchev–Trinajstić information content (AvgIpc) is 2.73. The molecule has 0 aliphatic carbocycles. The number of aromatic amines is 1. The van der Waals surface area contributed by atoms with Gasteiger partial charge in [0.25, 0.3) is 0 Å². The first kappa shape index (κ1) is 11.1. The van der Waals surface area contributed by atoms with Crippen molar-refractivity contribution in [3.63, 3.8) is 0 Å². The largest absolute Gasteiger partial charge is 0.360 e. The van der Waals surface area contributed by atoms with Crippen LogP contribution in [0.2, 0.25) is 5.02 Å². The maximum absolute atomic E-state index is 6.13. The minimum absolute atomic E-state index is 0.808. The lowest BCUT2D eigenvalue weighted by molar-refractivity contribution is 0.233. The van der Waals surface area contributed by atoms with Gasteiger partial charge >= 0.3 is 0 Å². The van der Waals surface area contributed by atoms with Gasteiger partial charge in [-0.25, -0.2) is 0 Å². The number of fused-ring (bicyclic) bond motifs is 1. The molecule has 1 aliphatic heterocycles. The Bertz CT molecular complexity index is 514. The Kier molecular flexibility index (Phi) is 3.05. The van der Waals surface area contributed by atoms with Crippen LogP contribution >= 0.6 is 11.6 Å². The summed E-state index contributed by atoms with van der Waals surface area (Å²) in [6, 6.07) is 6.48. The second kappa shape index (κ2) is 4.69. The molecule has 0 atom stereocenters. The fourth-order valence-electron chi connectivity index (χ4n) is 2.36. The molecule has 90 valence electrons. The Morgan fingerprint density at radius 3 is 2.88 bits per heavy atom. The summed E-state index contributed by atoms with van der Waals surface area (Å²) in [7, 11) is 0. The van der Waals surface area contributed by atoms with Crippen LogP contribution in [-0.4, -0.2) is 36.1 Å². The highest BCUT2D eigenvalue weighted by Gasteiger charge is 2.10. The number of benzene rings is 1. The number of nitrogens with zero attached hydrogens (tertiary/aromatic N) is 1. The lowest BCUT2D eigenvalue weighted by Gasteiger charge is -2.27. The number of rotatable bonds is 2. The number of hydrogen-bond donors (Lipinski definition) is 2. The quantitative estimate of drug-likeness (QED) is 0.855. The molecule has 3 rings (SSSR count). The molecule has 1 saturated heterocycles. The molecule has 2 heterocycles. The molecule has 0 spiro atoms. The molecule has 1 aromatic carbocycles. The van der Waals surface area contributed by atoms with Crippen LogP contribution in [0.5, 0.6) is 0 Å². The third kappa shape index (κ3) is 2.32. The van der Waals surface area contributed by atoms with Crippen molar-refractivity contribution in [2.75, 3.05) is 26.2 Å². The molecule has 2 N–H and O–H groups in total. The Hall–Kier alpha value is -1.03. The maximum Gasteiger partial charge on any atom is 0.0659 e. The Morgan fingerprint density at radius 1 is 1.24 bits per heavy atom. The van der Waals surface area contributed by atoms with Gasteiger partial charge in [0.05, 0.1) is 5.02 Å². The van der Waals surface area contributed by atoms with E-state index in [1.807, 2.05) is 6.20 Å². The highest BCUT2D eigenvalue weighted by atomic mass is 35.5. The van der Waals surface area contributed by atoms with Crippen molar-refractivity contribution in [1.82, 2.24) is 15.2 Å². The molecule has 3 nitrogen and oxygen atoms in total. The van der Waals surface area contributed by atoms with E-state index in [4.69, 9.17) is 11.6 Å². The molecule has 0 bridgehead atoms. The standard InChI is InChI=1S/C13H16ClN3/c14-12-8-16-13-2-1-10(7-11(12)13)9-17-5-3-15-4-6-17/h1-2,7-8,15-16H,3-6,9H2. The number of H-pyrrole nitrogens is 1. The number of piperazine rings is 1. The van der Waals surface area contributed by atoms with E-state index in [-0.39, 0.29) is 0 Å². The summed E-state index contributed by atoms with van der Waals surface area (Å²) in [6.07, 6.45) is 1.85. The predicted octanol–water partition coefficient (Wildman–Crippen LogP) is 2.23. The number of aromatic nitrogens is 1. The average molecular weight is 250 g/mol. The highest BCUT2D eigenvalue weighted by molar-refractivity contribution is 6.35. The molecule has 2 aromatic rings. The van der Waals surface area contributed by atoms with Crippen molar-refractivity contribution in [3.8, 4) is 0 Å². The number of nitrogens with one attached hydrogen (secondary N) is 2. The lowest BCUT2D eigenvalue weighted by atomic mass is 10.1. The van der Waals surface area contributed by atoms with E-state index in [0.29, 0.717) is 0 Å². The molecule has 1 aromatic heterocycles. The molecule has 1 fully saturated rings. The molecule has 4 heteroatoms. The monoisotopic (exact) mass is 249 g/mol. The smallest absolute Gasteiger partial charge is 0.0659 e. The van der Waals surface area contributed by atoms with Crippen molar-refractivity contribution >= 4 is 22.5 Å². The first-order chi connectivity index (χ1) is 8.33. The van der Waals surface area contributed by atoms with Crippen molar-refractivity contribution in [2.45, 2.75) is 6.54 Å². The van der Waals surface area contributed by atoms with E-state index in [1.54, 1.807) is 0 Å². The zero-order valence-corrected chi connectivity index (χ0v) is 10.4. The first-order valence-corrected chi connectivity index (χ1v) is 6.39. The minimum Gasteiger partial charge on any atom is -0.360 e. The van der Waals surface area contributed by atoms with Crippen LogP contribution < -0.4 is 5.32 Å². The summed E-state index contributed by atoms with van der Waals surface area (Å²) in [4.78, 5) is 5.63. The molecule has 0 saturated carbocycles. The number of hydrogen-bond acceptors (Lipinski definition) is 2. The Labute approximate surface area is 106 Å². The van der Waals surface area contributed by atoms with Crippen molar-refractivity contribution in [3.05, 3.63) is 35.0 Å². The van der Waals surface area contributed by atoms with Crippen LogP contribution in [0.1, 0.15) is 5.56 Å². The summed E-state index contributed by atoms with van der Waals surface area (Å²) in [6.45, 7) is 5.44. The summed E-state index contributed by atoms with van der Waals surface area (Å²) in [5.74, 6) is 0. The molecule has 0 unspecified atom stereocenters. The molecule has 0 radical (unpaired) electrons. The van der Waals surface area contributed by atoms with Crippen molar-refractivity contribution < 1.29 is 0 Å². The number of halogens is 1. The van der Waals surface area contributed by atoms with Crippen LogP contribution in [-0.2, 0) is 6.54 Å². The van der Waals surface area contributed by atoms with E-state index >= 15 is 0 Å². The maximum atomic E-state index is 6.13. The fourth-order valence-corrected chi connectivity index (χ4v) is 2.57. The lowest BCUT2D eigenvalue weighted by Crippen LogP contribution is -2.42. The van der Waals surface area contributed by atoms with Crippen molar-refractivity contribution in [1.29, 1.82) is 0 Å². The van der Waals surface area contributed by atoms with Crippen LogP contribution in [0.15, 0.2) is 24.4 Å². The zero-order chi connectivity index (χ0) is 11.7. The van der Waals surface area contributed by atoms with E-state index in [2.05, 4.69) is 33.4 Å². The molecule has 1 aliphatic rings. The van der Waals surface area contributed by atoms with Crippen LogP contribution in [0.3, 0.4) is 0 Å². The predicted molar refractivity (Wildman–Crippen MR) is 71.5 cm³/mol. The van der Waals surface area contributed by atoms with E-state index in [1.165, 1.54) is 5.56 Å². The van der Waals surface area contributed by atoms with Gasteiger partial charge in [-0.05, 0) is 17.7 Å². The van der Waals surface area contributed by atoms with E-state index in [0.717, 1.165) is 48.6 Å². The molecular formula is C13H16ClN3. The Morgan fingerprint density at radius 2 is 2.06 bits per heavy atom. The van der Waals surface area contributed by atoms with Crippen molar-refractivity contribution in [2.24, 2.45) is 0 Å². The third-order valence-corrected chi connectivity index (χ3v) is 3.62. The van der Waals surface area contributed by atoms with Gasteiger partial charge in [0, 0.05) is 49.8 Å². The van der Waals surface area contributed by atoms with Crippen LogP contribution in [0, 0.1) is 0 Å². The zero-order valence-electron chi connectivity index (χ0n) is 9.67. The van der Waals surface area contributed by atoms with Gasteiger partial charge < -0.3 is 10.3 Å². The van der Waals surface area contributed by atoms with E-state index in [9.17, 15) is 0 Å². The topological polar surface area (TPSA) is 31.1 Å². The van der Waals surface area contributed by atoms with Gasteiger partial charge in [-0.15, -0.1) is 0 Å². The van der Waals surface area contributed by atoms with Crippen LogP contribution in [0.25, 0.3) is 10.9 Å². The van der Waals surface area contributed by atoms with Gasteiger partial charge in [0.1, 0.15) is 0 Å². The van der Waals surface area contributed by atoms with Gasteiger partial charge in [-0.3, -0.25) is 4.90 Å². The fraction of sp³-hybridized carbons (Fsp3) is 0.385. The van der Waals surface area contributed by atoms with Crippen LogP contribution in [0.4, 0.5) is 0 Å². The summed E-state index contributed by atoms with van der Waals surface area (Å²) < 4.78 is 0. The summed E-state index contributed by atoms with van der Waals surface area (Å²) >= 11 is 6.13. The van der Waals surface area contributed by atoms with Gasteiger partial charge in [-0.2, -0.15) is 0 Å². The van der Waals surface area contributed by atoms with E-state index < -0.39 is 0 Å². The second-order valence-corrected chi connectivity index (χ2v) is 4.95. The Balaban J connectivity index is 1.82. The van der Waals surface area contributed by atoms with Gasteiger partial charge in [-0.1, -0.05) is 17.7 Å². The molecule has 17 heavy (non-hydrogen) atoms. The van der Waals surface area contributed by atoms with Gasteiger partial charge in [0.2, 0.25) is 0 Å². The second-order valence-electron chi connectivity index (χ2n) is 4.54. The third-order valence-electron chi connectivity index (χ3n) is 3.31. The molecular weight excluding hydrogens is 234 g/mol. The summed E-state index contributed by atoms with van der Waals surface area (Å²) in [5, 5.41) is 5.30. The van der Waals surface area contributed by atoms with Gasteiger partial charge in [0.15, 0.2) is 0 Å². The first-order valence-electron chi connectivity index (χ1n) is 6.01. The molecule has 0 amide bonds. The minimum atomic E-state index is 0.808. The highest BCUT2D eigenvalue weighted by Crippen LogP contribution is 2.24. The summed E-state index contributed by atoms with van der Waals surface area (Å²) in [5.41, 5.74) is 2.44. The normalized spacial score (nSPS) is 17.7.